The molecule has 0 aliphatic heterocycles. The summed E-state index contributed by atoms with van der Waals surface area (Å²) in [7, 11) is 0. The molecule has 0 saturated heterocycles. The standard InChI is InChI=1S/C24H40N2O7/c1-17(2)20(6)30-11-13-32-22(28)25-10-9-24(7,8)15-19(5)16-26-23(29)33-14-12-31-21(27)18(3)4/h19H,1,3,6,9-16H2,2,4-5,7-8H3,(H,25,28)(H,26,29). The first-order valence-electron chi connectivity index (χ1n) is 11.0. The lowest BCUT2D eigenvalue weighted by atomic mass is 9.80. The number of allylic oxidation sites excluding steroid dienone is 1. The Balaban J connectivity index is 3.96. The second-order valence-corrected chi connectivity index (χ2v) is 8.77. The highest BCUT2D eigenvalue weighted by Gasteiger charge is 2.22. The van der Waals surface area contributed by atoms with Crippen LogP contribution in [0.1, 0.15) is 47.5 Å². The topological polar surface area (TPSA) is 112 Å². The van der Waals surface area contributed by atoms with Crippen LogP contribution in [0.25, 0.3) is 0 Å². The average Bonchev–Trinajstić information content (AvgIpc) is 2.71. The van der Waals surface area contributed by atoms with E-state index >= 15 is 0 Å². The van der Waals surface area contributed by atoms with Crippen molar-refractivity contribution in [3.05, 3.63) is 36.6 Å². The summed E-state index contributed by atoms with van der Waals surface area (Å²) >= 11 is 0. The van der Waals surface area contributed by atoms with E-state index in [4.69, 9.17) is 18.9 Å². The van der Waals surface area contributed by atoms with Crippen LogP contribution in [0.5, 0.6) is 0 Å². The van der Waals surface area contributed by atoms with Crippen molar-refractivity contribution >= 4 is 18.2 Å². The van der Waals surface area contributed by atoms with Gasteiger partial charge in [0, 0.05) is 18.7 Å². The van der Waals surface area contributed by atoms with Gasteiger partial charge in [0.1, 0.15) is 32.2 Å². The van der Waals surface area contributed by atoms with Crippen molar-refractivity contribution in [1.82, 2.24) is 10.6 Å². The number of carbonyl (C=O) groups is 3. The number of hydrogen-bond acceptors (Lipinski definition) is 7. The predicted octanol–water partition coefficient (Wildman–Crippen LogP) is 4.11. The Hall–Kier alpha value is -2.97. The van der Waals surface area contributed by atoms with Crippen molar-refractivity contribution in [3.63, 3.8) is 0 Å². The number of carbonyl (C=O) groups excluding carboxylic acids is 3. The van der Waals surface area contributed by atoms with Gasteiger partial charge in [-0.3, -0.25) is 0 Å². The quantitative estimate of drug-likeness (QED) is 0.0875. The number of alkyl carbamates (subject to hydrolysis) is 2. The summed E-state index contributed by atoms with van der Waals surface area (Å²) in [6.07, 6.45) is 0.512. The third-order valence-corrected chi connectivity index (χ3v) is 4.53. The summed E-state index contributed by atoms with van der Waals surface area (Å²) < 4.78 is 20.2. The van der Waals surface area contributed by atoms with Gasteiger partial charge in [-0.1, -0.05) is 40.5 Å². The Morgan fingerprint density at radius 3 is 1.88 bits per heavy atom. The van der Waals surface area contributed by atoms with Crippen molar-refractivity contribution in [2.45, 2.75) is 47.5 Å². The van der Waals surface area contributed by atoms with E-state index in [1.54, 1.807) is 13.8 Å². The van der Waals surface area contributed by atoms with E-state index in [-0.39, 0.29) is 37.8 Å². The third kappa shape index (κ3) is 16.3. The number of nitrogens with one attached hydrogen (secondary N) is 2. The predicted molar refractivity (Wildman–Crippen MR) is 127 cm³/mol. The largest absolute Gasteiger partial charge is 0.490 e. The Bertz CT molecular complexity index is 701. The summed E-state index contributed by atoms with van der Waals surface area (Å²) in [5, 5.41) is 5.43. The van der Waals surface area contributed by atoms with Gasteiger partial charge in [0.05, 0.1) is 0 Å². The van der Waals surface area contributed by atoms with Crippen molar-refractivity contribution in [3.8, 4) is 0 Å². The van der Waals surface area contributed by atoms with E-state index in [2.05, 4.69) is 44.2 Å². The average molecular weight is 469 g/mol. The molecule has 188 valence electrons. The fourth-order valence-electron chi connectivity index (χ4n) is 2.79. The molecule has 1 atom stereocenters. The zero-order chi connectivity index (χ0) is 25.4. The zero-order valence-electron chi connectivity index (χ0n) is 20.7. The first-order chi connectivity index (χ1) is 15.3. The Kier molecular flexibility index (Phi) is 14.4. The number of rotatable bonds is 16. The fraction of sp³-hybridized carbons (Fsp3) is 0.625. The molecule has 0 aliphatic rings. The van der Waals surface area contributed by atoms with Crippen LogP contribution in [0.3, 0.4) is 0 Å². The molecule has 0 fully saturated rings. The van der Waals surface area contributed by atoms with E-state index in [0.717, 1.165) is 18.4 Å². The number of esters is 1. The minimum absolute atomic E-state index is 0.0199. The maximum Gasteiger partial charge on any atom is 0.407 e. The van der Waals surface area contributed by atoms with Gasteiger partial charge in [-0.25, -0.2) is 14.4 Å². The normalized spacial score (nSPS) is 11.5. The van der Waals surface area contributed by atoms with Gasteiger partial charge >= 0.3 is 18.2 Å². The van der Waals surface area contributed by atoms with Gasteiger partial charge in [0.2, 0.25) is 0 Å². The summed E-state index contributed by atoms with van der Waals surface area (Å²) in [4.78, 5) is 34.7. The first kappa shape index (κ1) is 30.0. The molecule has 9 nitrogen and oxygen atoms in total. The maximum absolute atomic E-state index is 11.8. The van der Waals surface area contributed by atoms with Gasteiger partial charge in [-0.05, 0) is 43.6 Å². The molecule has 0 rings (SSSR count). The number of hydrogen-bond donors (Lipinski definition) is 2. The minimum Gasteiger partial charge on any atom is -0.490 e. The van der Waals surface area contributed by atoms with Crippen LogP contribution < -0.4 is 10.6 Å². The molecule has 0 radical (unpaired) electrons. The van der Waals surface area contributed by atoms with Crippen molar-refractivity contribution in [1.29, 1.82) is 0 Å². The molecule has 2 N–H and O–H groups in total. The molecular weight excluding hydrogens is 428 g/mol. The van der Waals surface area contributed by atoms with Crippen molar-refractivity contribution < 1.29 is 33.3 Å². The Morgan fingerprint density at radius 2 is 1.33 bits per heavy atom. The van der Waals surface area contributed by atoms with Crippen LogP contribution in [0.15, 0.2) is 36.6 Å². The monoisotopic (exact) mass is 468 g/mol. The second kappa shape index (κ2) is 15.8. The summed E-state index contributed by atoms with van der Waals surface area (Å²) in [5.41, 5.74) is 0.959. The van der Waals surface area contributed by atoms with Crippen LogP contribution in [-0.4, -0.2) is 57.7 Å². The highest BCUT2D eigenvalue weighted by molar-refractivity contribution is 5.86. The van der Waals surface area contributed by atoms with Crippen LogP contribution in [0.4, 0.5) is 9.59 Å². The molecular formula is C24H40N2O7. The van der Waals surface area contributed by atoms with E-state index in [1.165, 1.54) is 0 Å². The van der Waals surface area contributed by atoms with Gasteiger partial charge in [0.25, 0.3) is 0 Å². The van der Waals surface area contributed by atoms with Gasteiger partial charge in [-0.15, -0.1) is 0 Å². The zero-order valence-corrected chi connectivity index (χ0v) is 20.7. The van der Waals surface area contributed by atoms with Gasteiger partial charge in [-0.2, -0.15) is 0 Å². The molecule has 0 aromatic carbocycles. The fourth-order valence-corrected chi connectivity index (χ4v) is 2.79. The van der Waals surface area contributed by atoms with Gasteiger partial charge < -0.3 is 29.6 Å². The van der Waals surface area contributed by atoms with Crippen molar-refractivity contribution in [2.75, 3.05) is 39.5 Å². The highest BCUT2D eigenvalue weighted by Crippen LogP contribution is 2.28. The maximum atomic E-state index is 11.8. The van der Waals surface area contributed by atoms with Crippen LogP contribution in [0.2, 0.25) is 0 Å². The Morgan fingerprint density at radius 1 is 0.818 bits per heavy atom. The van der Waals surface area contributed by atoms with E-state index in [1.807, 2.05) is 6.92 Å². The molecule has 0 aromatic heterocycles. The molecule has 0 aromatic rings. The number of ether oxygens (including phenoxy) is 4. The summed E-state index contributed by atoms with van der Waals surface area (Å²) in [6, 6.07) is 0. The summed E-state index contributed by atoms with van der Waals surface area (Å²) in [5.74, 6) is 0.151. The molecule has 0 heterocycles. The highest BCUT2D eigenvalue weighted by atomic mass is 16.6. The molecule has 0 saturated carbocycles. The van der Waals surface area contributed by atoms with E-state index in [9.17, 15) is 14.4 Å². The molecule has 9 heteroatoms. The molecule has 0 spiro atoms. The van der Waals surface area contributed by atoms with E-state index < -0.39 is 18.2 Å². The molecule has 2 amide bonds. The van der Waals surface area contributed by atoms with Crippen LogP contribution >= 0.6 is 0 Å². The molecule has 1 unspecified atom stereocenters. The molecule has 0 aliphatic carbocycles. The van der Waals surface area contributed by atoms with Crippen molar-refractivity contribution in [2.24, 2.45) is 11.3 Å². The van der Waals surface area contributed by atoms with E-state index in [0.29, 0.717) is 24.4 Å². The molecule has 0 bridgehead atoms. The van der Waals surface area contributed by atoms with Crippen LogP contribution in [0, 0.1) is 11.3 Å². The second-order valence-electron chi connectivity index (χ2n) is 8.77. The Labute approximate surface area is 197 Å². The lowest BCUT2D eigenvalue weighted by Crippen LogP contribution is -2.33. The minimum atomic E-state index is -0.564. The summed E-state index contributed by atoms with van der Waals surface area (Å²) in [6.45, 7) is 21.6. The first-order valence-corrected chi connectivity index (χ1v) is 11.0. The number of amides is 2. The van der Waals surface area contributed by atoms with Crippen LogP contribution in [-0.2, 0) is 23.7 Å². The SMILES string of the molecule is C=C(C)C(=C)OCCOC(=O)NCCC(C)(C)CC(C)CNC(=O)OCCOC(=O)C(=C)C. The third-order valence-electron chi connectivity index (χ3n) is 4.53. The van der Waals surface area contributed by atoms with Gasteiger partial charge in [0.15, 0.2) is 0 Å². The molecule has 33 heavy (non-hydrogen) atoms. The lowest BCUT2D eigenvalue weighted by molar-refractivity contribution is -0.139. The smallest absolute Gasteiger partial charge is 0.407 e. The lowest BCUT2D eigenvalue weighted by Gasteiger charge is -2.28.